The molecule has 1 saturated carbocycles. The molecule has 172 valence electrons. The zero-order chi connectivity index (χ0) is 23.3. The van der Waals surface area contributed by atoms with Gasteiger partial charge in [-0.15, -0.1) is 11.3 Å². The van der Waals surface area contributed by atoms with Crippen molar-refractivity contribution >= 4 is 38.3 Å². The van der Waals surface area contributed by atoms with Crippen LogP contribution in [0.5, 0.6) is 5.75 Å². The minimum Gasteiger partial charge on any atom is -0.497 e. The highest BCUT2D eigenvalue weighted by Gasteiger charge is 2.28. The lowest BCUT2D eigenvalue weighted by Crippen LogP contribution is -2.24. The van der Waals surface area contributed by atoms with Gasteiger partial charge in [-0.3, -0.25) is 10.1 Å². The summed E-state index contributed by atoms with van der Waals surface area (Å²) in [4.78, 5) is 17.1. The Morgan fingerprint density at radius 3 is 2.42 bits per heavy atom. The van der Waals surface area contributed by atoms with E-state index in [0.29, 0.717) is 10.0 Å². The zero-order valence-corrected chi connectivity index (χ0v) is 20.0. The predicted molar refractivity (Wildman–Crippen MR) is 132 cm³/mol. The Morgan fingerprint density at radius 1 is 1.06 bits per heavy atom. The molecule has 33 heavy (non-hydrogen) atoms. The van der Waals surface area contributed by atoms with Gasteiger partial charge in [0.25, 0.3) is 0 Å². The maximum absolute atomic E-state index is 12.8. The van der Waals surface area contributed by atoms with E-state index in [4.69, 9.17) is 4.74 Å². The van der Waals surface area contributed by atoms with Crippen molar-refractivity contribution in [3.63, 3.8) is 0 Å². The fourth-order valence-electron chi connectivity index (χ4n) is 3.88. The van der Waals surface area contributed by atoms with Gasteiger partial charge in [-0.2, -0.15) is 0 Å². The average Bonchev–Trinajstić information content (AvgIpc) is 3.32. The molecule has 0 aliphatic heterocycles. The minimum absolute atomic E-state index is 0.278. The van der Waals surface area contributed by atoms with Crippen molar-refractivity contribution in [2.75, 3.05) is 12.4 Å². The summed E-state index contributed by atoms with van der Waals surface area (Å²) in [7, 11) is -1.67. The van der Waals surface area contributed by atoms with Crippen molar-refractivity contribution < 1.29 is 17.9 Å². The molecule has 1 aliphatic carbocycles. The molecule has 6 nitrogen and oxygen atoms in total. The highest BCUT2D eigenvalue weighted by atomic mass is 32.2. The number of anilines is 1. The van der Waals surface area contributed by atoms with Crippen molar-refractivity contribution in [3.05, 3.63) is 65.6 Å². The number of carbonyl (C=O) groups is 1. The molecular weight excluding hydrogens is 456 g/mol. The van der Waals surface area contributed by atoms with Gasteiger partial charge in [0.15, 0.2) is 15.0 Å². The number of aromatic nitrogens is 1. The summed E-state index contributed by atoms with van der Waals surface area (Å²) in [5, 5.41) is 4.87. The van der Waals surface area contributed by atoms with E-state index in [1.807, 2.05) is 29.6 Å². The van der Waals surface area contributed by atoms with Crippen LogP contribution in [0.25, 0.3) is 17.3 Å². The first-order valence-electron chi connectivity index (χ1n) is 10.9. The van der Waals surface area contributed by atoms with Gasteiger partial charge < -0.3 is 4.74 Å². The van der Waals surface area contributed by atoms with Crippen LogP contribution < -0.4 is 10.1 Å². The molecule has 0 radical (unpaired) electrons. The third kappa shape index (κ3) is 5.69. The fraction of sp³-hybridized carbons (Fsp3) is 0.280. The summed E-state index contributed by atoms with van der Waals surface area (Å²) < 4.78 is 30.8. The average molecular weight is 483 g/mol. The number of ether oxygens (including phenoxy) is 1. The highest BCUT2D eigenvalue weighted by molar-refractivity contribution is 7.92. The second-order valence-corrected chi connectivity index (χ2v) is 11.0. The Morgan fingerprint density at radius 2 is 1.76 bits per heavy atom. The van der Waals surface area contributed by atoms with Crippen LogP contribution in [0.1, 0.15) is 37.7 Å². The smallest absolute Gasteiger partial charge is 0.250 e. The van der Waals surface area contributed by atoms with Crippen LogP contribution in [-0.2, 0) is 14.6 Å². The summed E-state index contributed by atoms with van der Waals surface area (Å²) in [5.41, 5.74) is 2.47. The van der Waals surface area contributed by atoms with Gasteiger partial charge in [-0.1, -0.05) is 31.4 Å². The van der Waals surface area contributed by atoms with E-state index in [-0.39, 0.29) is 11.2 Å². The Labute approximate surface area is 198 Å². The Kier molecular flexibility index (Phi) is 7.25. The van der Waals surface area contributed by atoms with E-state index in [1.165, 1.54) is 17.4 Å². The van der Waals surface area contributed by atoms with Gasteiger partial charge in [0.2, 0.25) is 5.91 Å². The molecule has 0 saturated heterocycles. The van der Waals surface area contributed by atoms with Gasteiger partial charge in [-0.25, -0.2) is 13.4 Å². The number of nitrogens with zero attached hydrogens (tertiary/aromatic N) is 1. The van der Waals surface area contributed by atoms with Crippen molar-refractivity contribution in [2.45, 2.75) is 42.2 Å². The number of rotatable bonds is 7. The number of hydrogen-bond acceptors (Lipinski definition) is 6. The summed E-state index contributed by atoms with van der Waals surface area (Å²) in [6, 6.07) is 14.3. The number of methoxy groups -OCH3 is 1. The first kappa shape index (κ1) is 23.2. The molecule has 0 atom stereocenters. The lowest BCUT2D eigenvalue weighted by Gasteiger charge is -2.21. The summed E-state index contributed by atoms with van der Waals surface area (Å²) in [6.07, 6.45) is 7.61. The fourth-order valence-corrected chi connectivity index (χ4v) is 6.46. The molecule has 4 rings (SSSR count). The lowest BCUT2D eigenvalue weighted by atomic mass is 10.0. The van der Waals surface area contributed by atoms with Crippen molar-refractivity contribution in [1.82, 2.24) is 4.98 Å². The van der Waals surface area contributed by atoms with Crippen molar-refractivity contribution in [2.24, 2.45) is 0 Å². The molecule has 1 N–H and O–H groups in total. The van der Waals surface area contributed by atoms with Gasteiger partial charge in [0, 0.05) is 17.0 Å². The molecule has 8 heteroatoms. The number of amides is 1. The molecule has 3 aromatic rings. The Balaban J connectivity index is 1.36. The van der Waals surface area contributed by atoms with Crippen LogP contribution >= 0.6 is 11.3 Å². The van der Waals surface area contributed by atoms with E-state index in [2.05, 4.69) is 10.3 Å². The van der Waals surface area contributed by atoms with Crippen molar-refractivity contribution in [1.29, 1.82) is 0 Å². The van der Waals surface area contributed by atoms with Gasteiger partial charge in [-0.05, 0) is 60.9 Å². The normalized spacial score (nSPS) is 14.9. The third-order valence-corrected chi connectivity index (χ3v) is 8.78. The maximum atomic E-state index is 12.8. The highest BCUT2D eigenvalue weighted by Crippen LogP contribution is 2.29. The van der Waals surface area contributed by atoms with Gasteiger partial charge in [0.1, 0.15) is 5.75 Å². The third-order valence-electron chi connectivity index (χ3n) is 5.75. The van der Waals surface area contributed by atoms with E-state index < -0.39 is 9.84 Å². The van der Waals surface area contributed by atoms with Crippen LogP contribution in [0, 0.1) is 0 Å². The van der Waals surface area contributed by atoms with E-state index in [1.54, 1.807) is 37.5 Å². The lowest BCUT2D eigenvalue weighted by molar-refractivity contribution is -0.111. The molecular formula is C25H26N2O4S2. The SMILES string of the molecule is COc1ccc(-c2csc(NC(=O)C=Cc3ccc(S(=O)(=O)C4CCCCC4)cc3)n2)cc1. The summed E-state index contributed by atoms with van der Waals surface area (Å²) in [5.74, 6) is 0.469. The monoisotopic (exact) mass is 482 g/mol. The number of thiazole rings is 1. The first-order valence-corrected chi connectivity index (χ1v) is 13.3. The van der Waals surface area contributed by atoms with E-state index in [9.17, 15) is 13.2 Å². The topological polar surface area (TPSA) is 85.4 Å². The van der Waals surface area contributed by atoms with Gasteiger partial charge in [0.05, 0.1) is 22.9 Å². The minimum atomic E-state index is -3.29. The second kappa shape index (κ2) is 10.3. The van der Waals surface area contributed by atoms with Crippen LogP contribution in [0.3, 0.4) is 0 Å². The first-order chi connectivity index (χ1) is 16.0. The van der Waals surface area contributed by atoms with Crippen LogP contribution in [0.2, 0.25) is 0 Å². The van der Waals surface area contributed by atoms with E-state index >= 15 is 0 Å². The van der Waals surface area contributed by atoms with Crippen LogP contribution in [0.15, 0.2) is 64.9 Å². The number of carbonyl (C=O) groups excluding carboxylic acids is 1. The van der Waals surface area contributed by atoms with Crippen LogP contribution in [0.4, 0.5) is 5.13 Å². The van der Waals surface area contributed by atoms with Crippen LogP contribution in [-0.4, -0.2) is 31.7 Å². The number of sulfone groups is 1. The molecule has 1 aromatic heterocycles. The van der Waals surface area contributed by atoms with E-state index in [0.717, 1.165) is 54.7 Å². The molecule has 1 fully saturated rings. The summed E-state index contributed by atoms with van der Waals surface area (Å²) in [6.45, 7) is 0. The Hall–Kier alpha value is -2.97. The predicted octanol–water partition coefficient (Wildman–Crippen LogP) is 5.58. The van der Waals surface area contributed by atoms with Gasteiger partial charge >= 0.3 is 0 Å². The molecule has 1 aliphatic rings. The molecule has 2 aromatic carbocycles. The molecule has 0 spiro atoms. The number of hydrogen-bond donors (Lipinski definition) is 1. The Bertz CT molecular complexity index is 1220. The molecule has 1 heterocycles. The maximum Gasteiger partial charge on any atom is 0.250 e. The van der Waals surface area contributed by atoms with Crippen molar-refractivity contribution in [3.8, 4) is 17.0 Å². The number of benzene rings is 2. The number of nitrogens with one attached hydrogen (secondary N) is 1. The molecule has 0 bridgehead atoms. The quantitative estimate of drug-likeness (QED) is 0.445. The standard InChI is InChI=1S/C25H26N2O4S2/c1-31-20-12-10-19(11-13-20)23-17-32-25(26-23)27-24(28)16-9-18-7-14-22(15-8-18)33(29,30)21-5-3-2-4-6-21/h7-17,21H,2-6H2,1H3,(H,26,27,28). The largest absolute Gasteiger partial charge is 0.497 e. The zero-order valence-electron chi connectivity index (χ0n) is 18.4. The second-order valence-electron chi connectivity index (χ2n) is 7.96. The molecule has 1 amide bonds. The molecule has 0 unspecified atom stereocenters. The summed E-state index contributed by atoms with van der Waals surface area (Å²) >= 11 is 1.35.